The summed E-state index contributed by atoms with van der Waals surface area (Å²) in [5, 5.41) is 8.28. The second-order valence-electron chi connectivity index (χ2n) is 6.81. The minimum absolute atomic E-state index is 0.0238. The van der Waals surface area contributed by atoms with E-state index in [1.54, 1.807) is 6.92 Å². The zero-order chi connectivity index (χ0) is 17.8. The predicted octanol–water partition coefficient (Wildman–Crippen LogP) is 3.37. The molecular formula is C19H25N3O3. The van der Waals surface area contributed by atoms with Crippen LogP contribution in [0.25, 0.3) is 0 Å². The largest absolute Gasteiger partial charge is 0.481 e. The first-order valence-electron chi connectivity index (χ1n) is 8.88. The molecule has 0 N–H and O–H groups in total. The Morgan fingerprint density at radius 2 is 1.84 bits per heavy atom. The van der Waals surface area contributed by atoms with Gasteiger partial charge in [0.2, 0.25) is 11.8 Å². The minimum atomic E-state index is -0.491. The number of likely N-dealkylation sites (tertiary alicyclic amines) is 1. The monoisotopic (exact) mass is 343 g/mol. The molecule has 25 heavy (non-hydrogen) atoms. The van der Waals surface area contributed by atoms with E-state index in [1.807, 2.05) is 49.1 Å². The molecule has 0 saturated carbocycles. The highest BCUT2D eigenvalue weighted by Gasteiger charge is 2.30. The Labute approximate surface area is 148 Å². The van der Waals surface area contributed by atoms with Crippen molar-refractivity contribution in [2.24, 2.45) is 0 Å². The average molecular weight is 343 g/mol. The van der Waals surface area contributed by atoms with Crippen LogP contribution in [0, 0.1) is 0 Å². The standard InChI is InChI=1S/C19H25N3O3/c1-13(2)17-20-21-18(25-17)15-9-11-22(12-10-15)19(23)14(3)24-16-7-5-4-6-8-16/h4-8,13-15H,9-12H2,1-3H3/t14-/m0/s1. The van der Waals surface area contributed by atoms with Gasteiger partial charge in [-0.3, -0.25) is 4.79 Å². The van der Waals surface area contributed by atoms with Crippen molar-refractivity contribution in [1.29, 1.82) is 0 Å². The fraction of sp³-hybridized carbons (Fsp3) is 0.526. The molecule has 0 radical (unpaired) electrons. The number of nitrogens with zero attached hydrogens (tertiary/aromatic N) is 3. The van der Waals surface area contributed by atoms with Crippen molar-refractivity contribution < 1.29 is 13.9 Å². The maximum absolute atomic E-state index is 12.6. The van der Waals surface area contributed by atoms with Gasteiger partial charge in [0, 0.05) is 24.9 Å². The van der Waals surface area contributed by atoms with E-state index in [4.69, 9.17) is 9.15 Å². The molecule has 1 aliphatic heterocycles. The number of aromatic nitrogens is 2. The fourth-order valence-electron chi connectivity index (χ4n) is 3.00. The molecule has 0 spiro atoms. The van der Waals surface area contributed by atoms with E-state index >= 15 is 0 Å². The van der Waals surface area contributed by atoms with E-state index in [1.165, 1.54) is 0 Å². The summed E-state index contributed by atoms with van der Waals surface area (Å²) in [6.07, 6.45) is 1.18. The van der Waals surface area contributed by atoms with E-state index in [9.17, 15) is 4.79 Å². The zero-order valence-corrected chi connectivity index (χ0v) is 15.0. The van der Waals surface area contributed by atoms with E-state index in [-0.39, 0.29) is 17.7 Å². The number of para-hydroxylation sites is 1. The van der Waals surface area contributed by atoms with Crippen LogP contribution in [0.15, 0.2) is 34.7 Å². The van der Waals surface area contributed by atoms with E-state index in [0.29, 0.717) is 30.6 Å². The number of piperidine rings is 1. The third-order valence-corrected chi connectivity index (χ3v) is 4.51. The molecule has 1 saturated heterocycles. The quantitative estimate of drug-likeness (QED) is 0.832. The van der Waals surface area contributed by atoms with Gasteiger partial charge in [0.25, 0.3) is 5.91 Å². The van der Waals surface area contributed by atoms with Gasteiger partial charge in [-0.1, -0.05) is 32.0 Å². The van der Waals surface area contributed by atoms with Crippen LogP contribution >= 0.6 is 0 Å². The van der Waals surface area contributed by atoms with Crippen LogP contribution < -0.4 is 4.74 Å². The first kappa shape index (κ1) is 17.5. The van der Waals surface area contributed by atoms with Gasteiger partial charge in [0.05, 0.1) is 0 Å². The zero-order valence-electron chi connectivity index (χ0n) is 15.0. The molecule has 6 nitrogen and oxygen atoms in total. The second-order valence-corrected chi connectivity index (χ2v) is 6.81. The molecule has 1 atom stereocenters. The highest BCUT2D eigenvalue weighted by molar-refractivity contribution is 5.81. The van der Waals surface area contributed by atoms with Gasteiger partial charge < -0.3 is 14.1 Å². The number of amides is 1. The number of carbonyl (C=O) groups excluding carboxylic acids is 1. The Hall–Kier alpha value is -2.37. The van der Waals surface area contributed by atoms with Crippen LogP contribution in [0.2, 0.25) is 0 Å². The molecule has 0 aliphatic carbocycles. The Morgan fingerprint density at radius 3 is 2.44 bits per heavy atom. The van der Waals surface area contributed by atoms with Gasteiger partial charge >= 0.3 is 0 Å². The molecule has 1 fully saturated rings. The fourth-order valence-corrected chi connectivity index (χ4v) is 3.00. The first-order valence-corrected chi connectivity index (χ1v) is 8.88. The third kappa shape index (κ3) is 4.18. The lowest BCUT2D eigenvalue weighted by Gasteiger charge is -2.32. The SMILES string of the molecule is CC(C)c1nnc(C2CCN(C(=O)[C@H](C)Oc3ccccc3)CC2)o1. The van der Waals surface area contributed by atoms with Crippen molar-refractivity contribution in [2.45, 2.75) is 51.6 Å². The highest BCUT2D eigenvalue weighted by Crippen LogP contribution is 2.28. The Morgan fingerprint density at radius 1 is 1.16 bits per heavy atom. The molecule has 2 aromatic rings. The molecular weight excluding hydrogens is 318 g/mol. The van der Waals surface area contributed by atoms with Gasteiger partial charge in [-0.15, -0.1) is 10.2 Å². The number of ether oxygens (including phenoxy) is 1. The lowest BCUT2D eigenvalue weighted by molar-refractivity contribution is -0.139. The Balaban J connectivity index is 1.53. The molecule has 134 valence electrons. The van der Waals surface area contributed by atoms with Crippen molar-refractivity contribution in [3.63, 3.8) is 0 Å². The Kier molecular flexibility index (Phi) is 5.36. The van der Waals surface area contributed by atoms with Crippen LogP contribution in [0.4, 0.5) is 0 Å². The van der Waals surface area contributed by atoms with Crippen LogP contribution in [-0.4, -0.2) is 40.2 Å². The molecule has 1 aromatic heterocycles. The number of carbonyl (C=O) groups is 1. The first-order chi connectivity index (χ1) is 12.0. The Bertz CT molecular complexity index is 691. The average Bonchev–Trinajstić information content (AvgIpc) is 3.12. The molecule has 1 aromatic carbocycles. The summed E-state index contributed by atoms with van der Waals surface area (Å²) in [6.45, 7) is 7.24. The predicted molar refractivity (Wildman–Crippen MR) is 93.5 cm³/mol. The van der Waals surface area contributed by atoms with Crippen LogP contribution in [0.3, 0.4) is 0 Å². The second kappa shape index (κ2) is 7.68. The maximum Gasteiger partial charge on any atom is 0.263 e. The molecule has 6 heteroatoms. The van der Waals surface area contributed by atoms with Crippen LogP contribution in [0.5, 0.6) is 5.75 Å². The van der Waals surface area contributed by atoms with E-state index < -0.39 is 6.10 Å². The molecule has 0 bridgehead atoms. The topological polar surface area (TPSA) is 68.5 Å². The molecule has 2 heterocycles. The minimum Gasteiger partial charge on any atom is -0.481 e. The lowest BCUT2D eigenvalue weighted by atomic mass is 9.96. The van der Waals surface area contributed by atoms with E-state index in [2.05, 4.69) is 10.2 Å². The third-order valence-electron chi connectivity index (χ3n) is 4.51. The van der Waals surface area contributed by atoms with Gasteiger partial charge in [-0.2, -0.15) is 0 Å². The maximum atomic E-state index is 12.6. The summed E-state index contributed by atoms with van der Waals surface area (Å²) < 4.78 is 11.5. The van der Waals surface area contributed by atoms with Crippen molar-refractivity contribution >= 4 is 5.91 Å². The lowest BCUT2D eigenvalue weighted by Crippen LogP contribution is -2.44. The van der Waals surface area contributed by atoms with Gasteiger partial charge in [-0.25, -0.2) is 0 Å². The summed E-state index contributed by atoms with van der Waals surface area (Å²) in [5.74, 6) is 2.58. The smallest absolute Gasteiger partial charge is 0.263 e. The number of benzene rings is 1. The number of hydrogen-bond donors (Lipinski definition) is 0. The summed E-state index contributed by atoms with van der Waals surface area (Å²) in [7, 11) is 0. The summed E-state index contributed by atoms with van der Waals surface area (Å²) in [5.41, 5.74) is 0. The molecule has 3 rings (SSSR count). The van der Waals surface area contributed by atoms with Crippen molar-refractivity contribution in [3.8, 4) is 5.75 Å². The van der Waals surface area contributed by atoms with Crippen molar-refractivity contribution in [1.82, 2.24) is 15.1 Å². The summed E-state index contributed by atoms with van der Waals surface area (Å²) in [6, 6.07) is 9.43. The van der Waals surface area contributed by atoms with Crippen LogP contribution in [-0.2, 0) is 4.79 Å². The van der Waals surface area contributed by atoms with Gasteiger partial charge in [-0.05, 0) is 31.9 Å². The van der Waals surface area contributed by atoms with E-state index in [0.717, 1.165) is 12.8 Å². The van der Waals surface area contributed by atoms with Gasteiger partial charge in [0.1, 0.15) is 5.75 Å². The number of hydrogen-bond acceptors (Lipinski definition) is 5. The number of rotatable bonds is 5. The summed E-state index contributed by atoms with van der Waals surface area (Å²) in [4.78, 5) is 14.5. The molecule has 1 amide bonds. The normalized spacial score (nSPS) is 16.9. The van der Waals surface area contributed by atoms with Crippen molar-refractivity contribution in [2.75, 3.05) is 13.1 Å². The molecule has 0 unspecified atom stereocenters. The van der Waals surface area contributed by atoms with Crippen molar-refractivity contribution in [3.05, 3.63) is 42.1 Å². The van der Waals surface area contributed by atoms with Gasteiger partial charge in [0.15, 0.2) is 6.10 Å². The highest BCUT2D eigenvalue weighted by atomic mass is 16.5. The van der Waals surface area contributed by atoms with Crippen LogP contribution in [0.1, 0.15) is 57.2 Å². The molecule has 1 aliphatic rings. The summed E-state index contributed by atoms with van der Waals surface area (Å²) >= 11 is 0.